The smallest absolute Gasteiger partial charge is 0.197 e. The van der Waals surface area contributed by atoms with Gasteiger partial charge in [-0.05, 0) is 0 Å². The molecule has 0 radical (unpaired) electrons. The van der Waals surface area contributed by atoms with Crippen LogP contribution in [0.1, 0.15) is 10.4 Å². The van der Waals surface area contributed by atoms with Crippen molar-refractivity contribution in [1.82, 2.24) is 19.9 Å². The van der Waals surface area contributed by atoms with Gasteiger partial charge in [-0.15, -0.1) is 0 Å². The second-order valence-corrected chi connectivity index (χ2v) is 2.90. The Morgan fingerprint density at radius 1 is 1.00 bits per heavy atom. The first-order valence-electron chi connectivity index (χ1n) is 4.47. The molecular weight excluding hydrogens is 208 g/mol. The maximum atomic E-state index is 10.4. The first-order chi connectivity index (χ1) is 7.83. The van der Waals surface area contributed by atoms with Crippen molar-refractivity contribution in [3.05, 3.63) is 30.4 Å². The normalized spacial score (nSPS) is 9.81. The van der Waals surface area contributed by atoms with Crippen LogP contribution in [0.2, 0.25) is 0 Å². The Kier molecular flexibility index (Phi) is 2.81. The molecule has 16 heavy (non-hydrogen) atoms. The van der Waals surface area contributed by atoms with E-state index in [9.17, 15) is 4.79 Å². The lowest BCUT2D eigenvalue weighted by molar-refractivity contribution is 0.112. The molecule has 2 rings (SSSR count). The van der Waals surface area contributed by atoms with Gasteiger partial charge >= 0.3 is 0 Å². The molecule has 6 heteroatoms. The lowest BCUT2D eigenvalue weighted by Gasteiger charge is -2.00. The maximum absolute atomic E-state index is 10.4. The third-order valence-corrected chi connectivity index (χ3v) is 1.87. The molecule has 0 aliphatic carbocycles. The summed E-state index contributed by atoms with van der Waals surface area (Å²) in [6, 6.07) is 0. The van der Waals surface area contributed by atoms with Gasteiger partial charge in [-0.25, -0.2) is 19.9 Å². The van der Waals surface area contributed by atoms with E-state index in [2.05, 4.69) is 19.9 Å². The van der Waals surface area contributed by atoms with E-state index in [0.29, 0.717) is 29.2 Å². The molecule has 0 spiro atoms. The second-order valence-electron chi connectivity index (χ2n) is 2.90. The van der Waals surface area contributed by atoms with Gasteiger partial charge in [0.15, 0.2) is 23.7 Å². The summed E-state index contributed by atoms with van der Waals surface area (Å²) in [6.07, 6.45) is 6.57. The highest BCUT2D eigenvalue weighted by Gasteiger charge is 2.04. The van der Waals surface area contributed by atoms with Crippen molar-refractivity contribution in [2.75, 3.05) is 7.11 Å². The van der Waals surface area contributed by atoms with Crippen LogP contribution in [0.4, 0.5) is 0 Å². The van der Waals surface area contributed by atoms with E-state index < -0.39 is 0 Å². The number of methoxy groups -OCH3 is 1. The number of hydrogen-bond donors (Lipinski definition) is 0. The number of aldehydes is 1. The summed E-state index contributed by atoms with van der Waals surface area (Å²) in [5.41, 5.74) is 0.414. The molecule has 0 unspecified atom stereocenters. The van der Waals surface area contributed by atoms with Gasteiger partial charge < -0.3 is 4.74 Å². The molecule has 2 aromatic rings. The number of nitrogens with zero attached hydrogens (tertiary/aromatic N) is 4. The Bertz CT molecular complexity index is 481. The fraction of sp³-hybridized carbons (Fsp3) is 0.100. The molecule has 0 N–H and O–H groups in total. The van der Waals surface area contributed by atoms with Crippen molar-refractivity contribution in [1.29, 1.82) is 0 Å². The van der Waals surface area contributed by atoms with Crippen LogP contribution in [-0.2, 0) is 0 Å². The van der Waals surface area contributed by atoms with E-state index >= 15 is 0 Å². The monoisotopic (exact) mass is 216 g/mol. The highest BCUT2D eigenvalue weighted by atomic mass is 16.5. The minimum atomic E-state index is 0.369. The molecule has 0 aliphatic heterocycles. The van der Waals surface area contributed by atoms with Crippen molar-refractivity contribution < 1.29 is 9.53 Å². The van der Waals surface area contributed by atoms with Crippen molar-refractivity contribution >= 4 is 6.29 Å². The van der Waals surface area contributed by atoms with Gasteiger partial charge in [0, 0.05) is 12.4 Å². The van der Waals surface area contributed by atoms with Crippen LogP contribution in [-0.4, -0.2) is 33.3 Å². The first-order valence-corrected chi connectivity index (χ1v) is 4.47. The van der Waals surface area contributed by atoms with Crippen LogP contribution < -0.4 is 4.74 Å². The number of rotatable bonds is 3. The highest BCUT2D eigenvalue weighted by molar-refractivity contribution is 5.73. The molecule has 0 bridgehead atoms. The largest absolute Gasteiger partial charge is 0.494 e. The Morgan fingerprint density at radius 3 is 1.94 bits per heavy atom. The fourth-order valence-electron chi connectivity index (χ4n) is 1.05. The average molecular weight is 216 g/mol. The molecule has 0 aromatic carbocycles. The maximum Gasteiger partial charge on any atom is 0.197 e. The Labute approximate surface area is 91.4 Å². The standard InChI is InChI=1S/C10H8N4O2/c1-16-8-4-13-10(14-5-8)9-11-2-7(6-15)3-12-9/h2-6H,1H3. The van der Waals surface area contributed by atoms with Gasteiger partial charge in [-0.1, -0.05) is 0 Å². The van der Waals surface area contributed by atoms with Crippen LogP contribution >= 0.6 is 0 Å². The Morgan fingerprint density at radius 2 is 1.50 bits per heavy atom. The average Bonchev–Trinajstić information content (AvgIpc) is 2.39. The highest BCUT2D eigenvalue weighted by Crippen LogP contribution is 2.11. The van der Waals surface area contributed by atoms with E-state index in [4.69, 9.17) is 4.74 Å². The summed E-state index contributed by atoms with van der Waals surface area (Å²) in [5.74, 6) is 1.32. The summed E-state index contributed by atoms with van der Waals surface area (Å²) >= 11 is 0. The van der Waals surface area contributed by atoms with Crippen LogP contribution in [0, 0.1) is 0 Å². The molecular formula is C10H8N4O2. The van der Waals surface area contributed by atoms with Crippen LogP contribution in [0.3, 0.4) is 0 Å². The predicted octanol–water partition coefficient (Wildman–Crippen LogP) is 0.755. The molecule has 6 nitrogen and oxygen atoms in total. The van der Waals surface area contributed by atoms with Gasteiger partial charge in [0.25, 0.3) is 0 Å². The summed E-state index contributed by atoms with van der Waals surface area (Å²) in [7, 11) is 1.54. The molecule has 0 saturated carbocycles. The lowest BCUT2D eigenvalue weighted by atomic mass is 10.4. The zero-order valence-electron chi connectivity index (χ0n) is 8.49. The van der Waals surface area contributed by atoms with Crippen LogP contribution in [0.5, 0.6) is 5.75 Å². The molecule has 0 aliphatic rings. The van der Waals surface area contributed by atoms with Gasteiger partial charge in [0.1, 0.15) is 0 Å². The van der Waals surface area contributed by atoms with Gasteiger partial charge in [-0.3, -0.25) is 4.79 Å². The lowest BCUT2D eigenvalue weighted by Crippen LogP contribution is -1.96. The second kappa shape index (κ2) is 4.43. The first kappa shape index (κ1) is 10.2. The van der Waals surface area contributed by atoms with E-state index in [1.54, 1.807) is 0 Å². The summed E-state index contributed by atoms with van der Waals surface area (Å²) in [6.45, 7) is 0. The van der Waals surface area contributed by atoms with E-state index in [1.807, 2.05) is 0 Å². The molecule has 2 heterocycles. The van der Waals surface area contributed by atoms with E-state index in [0.717, 1.165) is 0 Å². The predicted molar refractivity (Wildman–Crippen MR) is 55.0 cm³/mol. The Balaban J connectivity index is 2.31. The van der Waals surface area contributed by atoms with E-state index in [1.165, 1.54) is 31.9 Å². The molecule has 0 fully saturated rings. The van der Waals surface area contributed by atoms with E-state index in [-0.39, 0.29) is 0 Å². The van der Waals surface area contributed by atoms with Gasteiger partial charge in [-0.2, -0.15) is 0 Å². The number of carbonyl (C=O) groups is 1. The van der Waals surface area contributed by atoms with Crippen LogP contribution in [0.15, 0.2) is 24.8 Å². The Hall–Kier alpha value is -2.37. The molecule has 0 saturated heterocycles. The topological polar surface area (TPSA) is 77.9 Å². The summed E-state index contributed by atoms with van der Waals surface area (Å²) in [4.78, 5) is 26.4. The van der Waals surface area contributed by atoms with Gasteiger partial charge in [0.05, 0.1) is 25.1 Å². The molecule has 80 valence electrons. The zero-order chi connectivity index (χ0) is 11.4. The number of hydrogen-bond acceptors (Lipinski definition) is 6. The SMILES string of the molecule is COc1cnc(-c2ncc(C=O)cn2)nc1. The minimum Gasteiger partial charge on any atom is -0.494 e. The van der Waals surface area contributed by atoms with Crippen molar-refractivity contribution in [3.8, 4) is 17.4 Å². The zero-order valence-corrected chi connectivity index (χ0v) is 8.49. The number of ether oxygens (including phenoxy) is 1. The number of aromatic nitrogens is 4. The summed E-state index contributed by atoms with van der Waals surface area (Å²) in [5, 5.41) is 0. The third-order valence-electron chi connectivity index (χ3n) is 1.87. The summed E-state index contributed by atoms with van der Waals surface area (Å²) < 4.78 is 4.93. The molecule has 2 aromatic heterocycles. The van der Waals surface area contributed by atoms with Crippen LogP contribution in [0.25, 0.3) is 11.6 Å². The fourth-order valence-corrected chi connectivity index (χ4v) is 1.05. The van der Waals surface area contributed by atoms with Crippen molar-refractivity contribution in [2.24, 2.45) is 0 Å². The molecule has 0 amide bonds. The van der Waals surface area contributed by atoms with Crippen molar-refractivity contribution in [2.45, 2.75) is 0 Å². The third kappa shape index (κ3) is 2.00. The minimum absolute atomic E-state index is 0.369. The molecule has 0 atom stereocenters. The quantitative estimate of drug-likeness (QED) is 0.704. The number of carbonyl (C=O) groups excluding carboxylic acids is 1. The van der Waals surface area contributed by atoms with Gasteiger partial charge in [0.2, 0.25) is 0 Å². The van der Waals surface area contributed by atoms with Crippen molar-refractivity contribution in [3.63, 3.8) is 0 Å².